The summed E-state index contributed by atoms with van der Waals surface area (Å²) in [5.41, 5.74) is 2.62. The van der Waals surface area contributed by atoms with Crippen LogP contribution in [0.25, 0.3) is 0 Å². The van der Waals surface area contributed by atoms with E-state index in [-0.39, 0.29) is 24.5 Å². The Balaban J connectivity index is 1.73. The van der Waals surface area contributed by atoms with Crippen molar-refractivity contribution in [2.45, 2.75) is 46.3 Å². The Morgan fingerprint density at radius 2 is 1.71 bits per heavy atom. The summed E-state index contributed by atoms with van der Waals surface area (Å²) in [4.78, 5) is 32.7. The van der Waals surface area contributed by atoms with Gasteiger partial charge < -0.3 is 9.57 Å². The van der Waals surface area contributed by atoms with Crippen LogP contribution in [0.5, 0.6) is 0 Å². The van der Waals surface area contributed by atoms with Crippen LogP contribution in [-0.4, -0.2) is 35.3 Å². The van der Waals surface area contributed by atoms with Gasteiger partial charge in [-0.2, -0.15) is 0 Å². The molecule has 0 bridgehead atoms. The predicted molar refractivity (Wildman–Crippen MR) is 119 cm³/mol. The van der Waals surface area contributed by atoms with Gasteiger partial charge in [0.1, 0.15) is 13.2 Å². The van der Waals surface area contributed by atoms with Gasteiger partial charge in [-0.15, -0.1) is 0 Å². The largest absolute Gasteiger partial charge is 0.447 e. The average Bonchev–Trinajstić information content (AvgIpc) is 3.12. The molecule has 1 heterocycles. The summed E-state index contributed by atoms with van der Waals surface area (Å²) in [7, 11) is 0. The molecule has 2 aromatic rings. The minimum absolute atomic E-state index is 0.203. The van der Waals surface area contributed by atoms with E-state index in [1.165, 1.54) is 4.90 Å². The van der Waals surface area contributed by atoms with Crippen molar-refractivity contribution in [1.29, 1.82) is 0 Å². The lowest BCUT2D eigenvalue weighted by atomic mass is 9.91. The number of benzene rings is 2. The third-order valence-corrected chi connectivity index (χ3v) is 5.30. The van der Waals surface area contributed by atoms with E-state index in [0.29, 0.717) is 25.2 Å². The van der Waals surface area contributed by atoms with Crippen LogP contribution in [0, 0.1) is 11.8 Å². The molecule has 1 fully saturated rings. The van der Waals surface area contributed by atoms with Crippen molar-refractivity contribution in [3.8, 4) is 0 Å². The van der Waals surface area contributed by atoms with Gasteiger partial charge in [0.2, 0.25) is 5.91 Å². The normalized spacial score (nSPS) is 17.5. The molecule has 31 heavy (non-hydrogen) atoms. The predicted octanol–water partition coefficient (Wildman–Crippen LogP) is 4.83. The highest BCUT2D eigenvalue weighted by Gasteiger charge is 2.41. The number of amides is 2. The molecule has 1 aliphatic heterocycles. The number of ether oxygens (including phenoxy) is 1. The first-order valence-electron chi connectivity index (χ1n) is 10.7. The molecule has 0 radical (unpaired) electrons. The number of rotatable bonds is 9. The van der Waals surface area contributed by atoms with Crippen LogP contribution in [-0.2, 0) is 27.4 Å². The first kappa shape index (κ1) is 22.5. The SMILES string of the molecule is C/C(=N/OCc1ccccc1)[C@@H](CC(C)C)C(=O)N1C(=O)OC[C@@H]1Cc1ccccc1. The maximum absolute atomic E-state index is 13.5. The molecule has 0 spiro atoms. The van der Waals surface area contributed by atoms with E-state index in [0.717, 1.165) is 11.1 Å². The second-order valence-corrected chi connectivity index (χ2v) is 8.30. The average molecular weight is 423 g/mol. The lowest BCUT2D eigenvalue weighted by Gasteiger charge is -2.25. The summed E-state index contributed by atoms with van der Waals surface area (Å²) in [5, 5.41) is 4.22. The standard InChI is InChI=1S/C25H30N2O4/c1-18(2)14-23(19(3)26-31-16-21-12-8-5-9-13-21)24(28)27-22(17-30-25(27)29)15-20-10-6-4-7-11-20/h4-13,18,22-23H,14-17H2,1-3H3/b26-19-/t22-,23+/m0/s1. The Labute approximate surface area is 183 Å². The third-order valence-electron chi connectivity index (χ3n) is 5.30. The molecule has 2 amide bonds. The van der Waals surface area contributed by atoms with Gasteiger partial charge in [0.15, 0.2) is 0 Å². The van der Waals surface area contributed by atoms with E-state index >= 15 is 0 Å². The number of oxime groups is 1. The van der Waals surface area contributed by atoms with Crippen molar-refractivity contribution in [2.24, 2.45) is 17.0 Å². The van der Waals surface area contributed by atoms with E-state index < -0.39 is 12.0 Å². The van der Waals surface area contributed by atoms with E-state index in [2.05, 4.69) is 5.16 Å². The van der Waals surface area contributed by atoms with Crippen molar-refractivity contribution in [1.82, 2.24) is 4.90 Å². The van der Waals surface area contributed by atoms with Crippen molar-refractivity contribution >= 4 is 17.7 Å². The first-order chi connectivity index (χ1) is 15.0. The van der Waals surface area contributed by atoms with Gasteiger partial charge in [-0.1, -0.05) is 79.7 Å². The Morgan fingerprint density at radius 1 is 1.10 bits per heavy atom. The lowest BCUT2D eigenvalue weighted by molar-refractivity contribution is -0.131. The fourth-order valence-electron chi connectivity index (χ4n) is 3.70. The third kappa shape index (κ3) is 6.17. The van der Waals surface area contributed by atoms with Crippen LogP contribution in [0.4, 0.5) is 4.79 Å². The van der Waals surface area contributed by atoms with E-state index in [1.807, 2.05) is 74.5 Å². The fraction of sp³-hybridized carbons (Fsp3) is 0.400. The molecule has 2 atom stereocenters. The number of imide groups is 1. The van der Waals surface area contributed by atoms with Crippen LogP contribution >= 0.6 is 0 Å². The van der Waals surface area contributed by atoms with E-state index in [9.17, 15) is 9.59 Å². The van der Waals surface area contributed by atoms with E-state index in [4.69, 9.17) is 9.57 Å². The van der Waals surface area contributed by atoms with Crippen LogP contribution < -0.4 is 0 Å². The quantitative estimate of drug-likeness (QED) is 0.429. The second kappa shape index (κ2) is 10.8. The smallest absolute Gasteiger partial charge is 0.417 e. The number of nitrogens with zero attached hydrogens (tertiary/aromatic N) is 2. The molecule has 3 rings (SSSR count). The summed E-state index contributed by atoms with van der Waals surface area (Å²) >= 11 is 0. The van der Waals surface area contributed by atoms with Gasteiger partial charge in [0.25, 0.3) is 0 Å². The van der Waals surface area contributed by atoms with Gasteiger partial charge in [0.05, 0.1) is 17.7 Å². The molecule has 1 saturated heterocycles. The summed E-state index contributed by atoms with van der Waals surface area (Å²) in [6.45, 7) is 6.39. The maximum Gasteiger partial charge on any atom is 0.417 e. The van der Waals surface area contributed by atoms with Crippen LogP contribution in [0.2, 0.25) is 0 Å². The zero-order chi connectivity index (χ0) is 22.2. The topological polar surface area (TPSA) is 68.2 Å². The van der Waals surface area contributed by atoms with Crippen LogP contribution in [0.15, 0.2) is 65.8 Å². The molecule has 164 valence electrons. The monoisotopic (exact) mass is 422 g/mol. The Bertz CT molecular complexity index is 896. The zero-order valence-corrected chi connectivity index (χ0v) is 18.4. The summed E-state index contributed by atoms with van der Waals surface area (Å²) in [6, 6.07) is 19.2. The van der Waals surface area contributed by atoms with Gasteiger partial charge in [0, 0.05) is 0 Å². The van der Waals surface area contributed by atoms with Crippen LogP contribution in [0.3, 0.4) is 0 Å². The molecule has 1 aliphatic rings. The minimum atomic E-state index is -0.585. The highest BCUT2D eigenvalue weighted by Crippen LogP contribution is 2.24. The van der Waals surface area contributed by atoms with Gasteiger partial charge >= 0.3 is 6.09 Å². The van der Waals surface area contributed by atoms with E-state index in [1.54, 1.807) is 6.92 Å². The lowest BCUT2D eigenvalue weighted by Crippen LogP contribution is -2.45. The summed E-state index contributed by atoms with van der Waals surface area (Å²) in [6.07, 6.45) is 0.552. The first-order valence-corrected chi connectivity index (χ1v) is 10.7. The number of hydrogen-bond acceptors (Lipinski definition) is 5. The molecule has 0 aromatic heterocycles. The summed E-state index contributed by atoms with van der Waals surface area (Å²) in [5.74, 6) is -0.569. The fourth-order valence-corrected chi connectivity index (χ4v) is 3.70. The number of hydrogen-bond donors (Lipinski definition) is 0. The molecule has 0 saturated carbocycles. The number of carbonyl (C=O) groups excluding carboxylic acids is 2. The zero-order valence-electron chi connectivity index (χ0n) is 18.4. The van der Waals surface area contributed by atoms with Gasteiger partial charge in [-0.3, -0.25) is 4.79 Å². The minimum Gasteiger partial charge on any atom is -0.447 e. The molecular weight excluding hydrogens is 392 g/mol. The molecule has 0 N–H and O–H groups in total. The van der Waals surface area contributed by atoms with Crippen LogP contribution in [0.1, 0.15) is 38.3 Å². The highest BCUT2D eigenvalue weighted by atomic mass is 16.6. The van der Waals surface area contributed by atoms with Gasteiger partial charge in [-0.25, -0.2) is 9.69 Å². The maximum atomic E-state index is 13.5. The molecule has 2 aromatic carbocycles. The molecule has 0 aliphatic carbocycles. The number of carbonyl (C=O) groups is 2. The Hall–Kier alpha value is -3.15. The molecule has 0 unspecified atom stereocenters. The van der Waals surface area contributed by atoms with Gasteiger partial charge in [-0.05, 0) is 36.8 Å². The molecular formula is C25H30N2O4. The summed E-state index contributed by atoms with van der Waals surface area (Å²) < 4.78 is 5.24. The second-order valence-electron chi connectivity index (χ2n) is 8.30. The number of cyclic esters (lactones) is 1. The molecule has 6 nitrogen and oxygen atoms in total. The molecule has 6 heteroatoms. The Kier molecular flexibility index (Phi) is 7.82. The van der Waals surface area contributed by atoms with Crippen molar-refractivity contribution < 1.29 is 19.2 Å². The van der Waals surface area contributed by atoms with Crippen molar-refractivity contribution in [3.63, 3.8) is 0 Å². The highest BCUT2D eigenvalue weighted by molar-refractivity contribution is 6.07. The van der Waals surface area contributed by atoms with Crippen molar-refractivity contribution in [3.05, 3.63) is 71.8 Å². The van der Waals surface area contributed by atoms with Crippen molar-refractivity contribution in [2.75, 3.05) is 6.61 Å². The Morgan fingerprint density at radius 3 is 2.32 bits per heavy atom.